The number of hydrogen-bond acceptors (Lipinski definition) is 2. The minimum atomic E-state index is -0.853. The summed E-state index contributed by atoms with van der Waals surface area (Å²) in [4.78, 5) is 11.0. The fourth-order valence-electron chi connectivity index (χ4n) is 3.30. The van der Waals surface area contributed by atoms with E-state index in [-0.39, 0.29) is 0 Å². The van der Waals surface area contributed by atoms with Gasteiger partial charge in [0, 0.05) is 11.7 Å². The molecule has 0 saturated heterocycles. The maximum absolute atomic E-state index is 11.0. The molecule has 1 atom stereocenters. The number of carbonyl (C=O) groups is 1. The van der Waals surface area contributed by atoms with Crippen LogP contribution in [0.1, 0.15) is 61.4 Å². The summed E-state index contributed by atoms with van der Waals surface area (Å²) in [6.45, 7) is 4.08. The van der Waals surface area contributed by atoms with Crippen molar-refractivity contribution >= 4 is 11.7 Å². The molecule has 1 aromatic carbocycles. The van der Waals surface area contributed by atoms with Gasteiger partial charge in [-0.2, -0.15) is 0 Å². The van der Waals surface area contributed by atoms with Gasteiger partial charge in [0.15, 0.2) is 0 Å². The summed E-state index contributed by atoms with van der Waals surface area (Å²) < 4.78 is 0. The third-order valence-corrected chi connectivity index (χ3v) is 4.47. The van der Waals surface area contributed by atoms with Crippen LogP contribution >= 0.6 is 0 Å². The third kappa shape index (κ3) is 3.53. The summed E-state index contributed by atoms with van der Waals surface area (Å²) in [5.41, 5.74) is 2.26. The number of anilines is 1. The monoisotopic (exact) mass is 275 g/mol. The zero-order chi connectivity index (χ0) is 14.5. The molecule has 20 heavy (non-hydrogen) atoms. The van der Waals surface area contributed by atoms with Crippen LogP contribution in [0.5, 0.6) is 0 Å². The van der Waals surface area contributed by atoms with E-state index in [1.165, 1.54) is 32.1 Å². The molecule has 0 aromatic heterocycles. The molecule has 1 unspecified atom stereocenters. The van der Waals surface area contributed by atoms with Crippen LogP contribution in [-0.2, 0) is 0 Å². The highest BCUT2D eigenvalue weighted by atomic mass is 16.4. The number of aromatic carboxylic acids is 1. The molecule has 0 spiro atoms. The van der Waals surface area contributed by atoms with Crippen molar-refractivity contribution in [3.05, 3.63) is 29.3 Å². The zero-order valence-electron chi connectivity index (χ0n) is 12.5. The van der Waals surface area contributed by atoms with Crippen molar-refractivity contribution in [3.8, 4) is 0 Å². The lowest BCUT2D eigenvalue weighted by Gasteiger charge is -2.31. The number of nitrogens with one attached hydrogen (secondary N) is 1. The fourth-order valence-corrected chi connectivity index (χ4v) is 3.30. The van der Waals surface area contributed by atoms with E-state index in [0.29, 0.717) is 11.6 Å². The highest BCUT2D eigenvalue weighted by Crippen LogP contribution is 2.30. The van der Waals surface area contributed by atoms with Crippen molar-refractivity contribution < 1.29 is 9.90 Å². The summed E-state index contributed by atoms with van der Waals surface area (Å²) in [7, 11) is 0. The summed E-state index contributed by atoms with van der Waals surface area (Å²) in [6.07, 6.45) is 7.82. The first kappa shape index (κ1) is 14.9. The minimum absolute atomic E-state index is 0.390. The van der Waals surface area contributed by atoms with Crippen LogP contribution in [0.3, 0.4) is 0 Å². The van der Waals surface area contributed by atoms with Crippen molar-refractivity contribution in [2.75, 3.05) is 5.32 Å². The average molecular weight is 275 g/mol. The molecule has 0 amide bonds. The lowest BCUT2D eigenvalue weighted by molar-refractivity contribution is 0.0696. The molecule has 110 valence electrons. The third-order valence-electron chi connectivity index (χ3n) is 4.47. The Bertz CT molecular complexity index is 464. The molecule has 1 aliphatic carbocycles. The van der Waals surface area contributed by atoms with Gasteiger partial charge in [-0.3, -0.25) is 0 Å². The Balaban J connectivity index is 2.07. The van der Waals surface area contributed by atoms with E-state index in [2.05, 4.69) is 12.2 Å². The SMILES string of the molecule is CCC(Nc1ccc(C(=O)O)c(C)c1)C1CCCCC1. The molecule has 0 bridgehead atoms. The molecule has 1 aromatic rings. The quantitative estimate of drug-likeness (QED) is 0.834. The van der Waals surface area contributed by atoms with Gasteiger partial charge in [0.1, 0.15) is 0 Å². The van der Waals surface area contributed by atoms with E-state index < -0.39 is 5.97 Å². The van der Waals surface area contributed by atoms with Gasteiger partial charge < -0.3 is 10.4 Å². The lowest BCUT2D eigenvalue weighted by Crippen LogP contribution is -2.30. The largest absolute Gasteiger partial charge is 0.478 e. The van der Waals surface area contributed by atoms with Crippen molar-refractivity contribution in [1.82, 2.24) is 0 Å². The van der Waals surface area contributed by atoms with E-state index in [4.69, 9.17) is 5.11 Å². The van der Waals surface area contributed by atoms with Gasteiger partial charge in [-0.25, -0.2) is 4.79 Å². The highest BCUT2D eigenvalue weighted by molar-refractivity contribution is 5.89. The topological polar surface area (TPSA) is 49.3 Å². The van der Waals surface area contributed by atoms with E-state index in [1.54, 1.807) is 6.07 Å². The van der Waals surface area contributed by atoms with Gasteiger partial charge in [0.25, 0.3) is 0 Å². The zero-order valence-corrected chi connectivity index (χ0v) is 12.5. The van der Waals surface area contributed by atoms with Crippen LogP contribution in [0.4, 0.5) is 5.69 Å². The summed E-state index contributed by atoms with van der Waals surface area (Å²) in [5, 5.41) is 12.7. The average Bonchev–Trinajstić information content (AvgIpc) is 2.45. The maximum atomic E-state index is 11.0. The van der Waals surface area contributed by atoms with E-state index in [0.717, 1.165) is 23.6 Å². The van der Waals surface area contributed by atoms with Gasteiger partial charge in [-0.05, 0) is 55.9 Å². The Morgan fingerprint density at radius 3 is 2.60 bits per heavy atom. The van der Waals surface area contributed by atoms with Gasteiger partial charge >= 0.3 is 5.97 Å². The molecule has 3 nitrogen and oxygen atoms in total. The molecule has 0 radical (unpaired) electrons. The first-order valence-electron chi connectivity index (χ1n) is 7.72. The Hall–Kier alpha value is -1.51. The maximum Gasteiger partial charge on any atom is 0.335 e. The Labute approximate surface area is 121 Å². The number of aryl methyl sites for hydroxylation is 1. The smallest absolute Gasteiger partial charge is 0.335 e. The van der Waals surface area contributed by atoms with E-state index in [1.807, 2.05) is 19.1 Å². The number of carboxylic acids is 1. The fraction of sp³-hybridized carbons (Fsp3) is 0.588. The number of rotatable bonds is 5. The normalized spacial score (nSPS) is 17.7. The first-order valence-corrected chi connectivity index (χ1v) is 7.72. The minimum Gasteiger partial charge on any atom is -0.478 e. The second-order valence-electron chi connectivity index (χ2n) is 5.89. The number of hydrogen-bond donors (Lipinski definition) is 2. The predicted octanol–water partition coefficient (Wildman–Crippen LogP) is 4.46. The highest BCUT2D eigenvalue weighted by Gasteiger charge is 2.22. The summed E-state index contributed by atoms with van der Waals surface area (Å²) >= 11 is 0. The van der Waals surface area contributed by atoms with Crippen LogP contribution in [0.2, 0.25) is 0 Å². The molecule has 0 aliphatic heterocycles. The van der Waals surface area contributed by atoms with Gasteiger partial charge in [-0.15, -0.1) is 0 Å². The molecule has 2 rings (SSSR count). The van der Waals surface area contributed by atoms with Crippen LogP contribution in [0, 0.1) is 12.8 Å². The van der Waals surface area contributed by atoms with Crippen LogP contribution in [0.15, 0.2) is 18.2 Å². The van der Waals surface area contributed by atoms with E-state index >= 15 is 0 Å². The molecule has 2 N–H and O–H groups in total. The van der Waals surface area contributed by atoms with Gasteiger partial charge in [0.2, 0.25) is 0 Å². The molecule has 1 aliphatic rings. The standard InChI is InChI=1S/C17H25NO2/c1-3-16(13-7-5-4-6-8-13)18-14-9-10-15(17(19)20)12(2)11-14/h9-11,13,16,18H,3-8H2,1-2H3,(H,19,20). The first-order chi connectivity index (χ1) is 9.61. The number of carboxylic acid groups (broad SMARTS) is 1. The molecule has 1 fully saturated rings. The van der Waals surface area contributed by atoms with Crippen LogP contribution in [-0.4, -0.2) is 17.1 Å². The molecule has 0 heterocycles. The number of benzene rings is 1. The molecule has 3 heteroatoms. The van der Waals surface area contributed by atoms with Gasteiger partial charge in [-0.1, -0.05) is 26.2 Å². The summed E-state index contributed by atoms with van der Waals surface area (Å²) in [6, 6.07) is 6.05. The molecular weight excluding hydrogens is 250 g/mol. The Morgan fingerprint density at radius 1 is 1.35 bits per heavy atom. The predicted molar refractivity (Wildman–Crippen MR) is 82.4 cm³/mol. The van der Waals surface area contributed by atoms with Gasteiger partial charge in [0.05, 0.1) is 5.56 Å². The van der Waals surface area contributed by atoms with Crippen LogP contribution < -0.4 is 5.32 Å². The van der Waals surface area contributed by atoms with Crippen molar-refractivity contribution in [1.29, 1.82) is 0 Å². The molecule has 1 saturated carbocycles. The van der Waals surface area contributed by atoms with E-state index in [9.17, 15) is 4.79 Å². The molecular formula is C17H25NO2. The second-order valence-corrected chi connectivity index (χ2v) is 5.89. The van der Waals surface area contributed by atoms with Crippen molar-refractivity contribution in [3.63, 3.8) is 0 Å². The summed E-state index contributed by atoms with van der Waals surface area (Å²) in [5.74, 6) is -0.0958. The van der Waals surface area contributed by atoms with Crippen molar-refractivity contribution in [2.45, 2.75) is 58.4 Å². The second kappa shape index (κ2) is 6.78. The Morgan fingerprint density at radius 2 is 2.05 bits per heavy atom. The van der Waals surface area contributed by atoms with Crippen LogP contribution in [0.25, 0.3) is 0 Å². The Kier molecular flexibility index (Phi) is 5.05. The lowest BCUT2D eigenvalue weighted by atomic mass is 9.83. The van der Waals surface area contributed by atoms with Crippen molar-refractivity contribution in [2.24, 2.45) is 5.92 Å².